The maximum absolute atomic E-state index is 11.7. The molecule has 0 radical (unpaired) electrons. The minimum Gasteiger partial charge on any atom is -0.462 e. The molecular weight excluding hydrogens is 385 g/mol. The van der Waals surface area contributed by atoms with Crippen molar-refractivity contribution in [1.29, 1.82) is 0 Å². The highest BCUT2D eigenvalue weighted by atomic mass is 31.1. The van der Waals surface area contributed by atoms with Gasteiger partial charge in [0.25, 0.3) is 0 Å². The van der Waals surface area contributed by atoms with Crippen molar-refractivity contribution in [2.75, 3.05) is 13.7 Å². The minimum absolute atomic E-state index is 0.0784. The third-order valence-electron chi connectivity index (χ3n) is 4.12. The Morgan fingerprint density at radius 2 is 2.04 bits per heavy atom. The van der Waals surface area contributed by atoms with Crippen LogP contribution in [0, 0.1) is 5.92 Å². The molecular formula is C18H32N3O6P. The van der Waals surface area contributed by atoms with Gasteiger partial charge in [0.1, 0.15) is 12.3 Å². The van der Waals surface area contributed by atoms with E-state index in [9.17, 15) is 14.4 Å². The number of ether oxygens (including phenoxy) is 2. The molecule has 160 valence electrons. The first kappa shape index (κ1) is 24.5. The van der Waals surface area contributed by atoms with Crippen LogP contribution in [0.3, 0.4) is 0 Å². The van der Waals surface area contributed by atoms with Crippen molar-refractivity contribution in [1.82, 2.24) is 15.3 Å². The molecule has 0 spiro atoms. The van der Waals surface area contributed by atoms with Crippen molar-refractivity contribution in [2.24, 2.45) is 5.92 Å². The molecule has 0 aromatic heterocycles. The molecule has 9 nitrogen and oxygen atoms in total. The molecule has 0 aromatic carbocycles. The van der Waals surface area contributed by atoms with Gasteiger partial charge in [0.2, 0.25) is 12.3 Å². The van der Waals surface area contributed by atoms with Crippen LogP contribution in [0.5, 0.6) is 0 Å². The molecule has 1 aliphatic heterocycles. The SMILES string of the molecule is CNC(=O)/C(C)=C\N(C=O)C1OC(COPNC(C)C(=O)OC(C)C)CC1C. The molecule has 0 bridgehead atoms. The number of carbonyl (C=O) groups is 3. The molecule has 28 heavy (non-hydrogen) atoms. The molecule has 1 aliphatic rings. The fourth-order valence-corrected chi connectivity index (χ4v) is 3.34. The number of hydrogen-bond donors (Lipinski definition) is 2. The highest BCUT2D eigenvalue weighted by Crippen LogP contribution is 2.29. The van der Waals surface area contributed by atoms with Crippen molar-refractivity contribution in [3.63, 3.8) is 0 Å². The molecule has 2 amide bonds. The molecule has 0 aliphatic carbocycles. The van der Waals surface area contributed by atoms with E-state index in [0.717, 1.165) is 6.42 Å². The molecule has 5 unspecified atom stereocenters. The highest BCUT2D eigenvalue weighted by molar-refractivity contribution is 7.29. The van der Waals surface area contributed by atoms with Crippen LogP contribution in [0.15, 0.2) is 11.8 Å². The van der Waals surface area contributed by atoms with E-state index in [1.54, 1.807) is 27.7 Å². The van der Waals surface area contributed by atoms with Gasteiger partial charge in [0, 0.05) is 24.7 Å². The van der Waals surface area contributed by atoms with E-state index < -0.39 is 12.3 Å². The largest absolute Gasteiger partial charge is 0.462 e. The Labute approximate surface area is 168 Å². The Morgan fingerprint density at radius 1 is 1.36 bits per heavy atom. The van der Waals surface area contributed by atoms with Crippen LogP contribution in [0.2, 0.25) is 0 Å². The average Bonchev–Trinajstić information content (AvgIpc) is 3.01. The van der Waals surface area contributed by atoms with Crippen molar-refractivity contribution in [3.05, 3.63) is 11.8 Å². The number of esters is 1. The van der Waals surface area contributed by atoms with Crippen LogP contribution in [0.1, 0.15) is 41.0 Å². The summed E-state index contributed by atoms with van der Waals surface area (Å²) in [7, 11) is 1.45. The van der Waals surface area contributed by atoms with E-state index in [0.29, 0.717) is 18.6 Å². The van der Waals surface area contributed by atoms with E-state index in [-0.39, 0.29) is 39.0 Å². The minimum atomic E-state index is -0.458. The van der Waals surface area contributed by atoms with E-state index in [4.69, 9.17) is 14.0 Å². The second-order valence-electron chi connectivity index (χ2n) is 7.07. The molecule has 1 rings (SSSR count). The van der Waals surface area contributed by atoms with Crippen molar-refractivity contribution in [3.8, 4) is 0 Å². The Morgan fingerprint density at radius 3 is 2.61 bits per heavy atom. The lowest BCUT2D eigenvalue weighted by Crippen LogP contribution is -2.35. The highest BCUT2D eigenvalue weighted by Gasteiger charge is 2.35. The maximum atomic E-state index is 11.7. The molecule has 1 heterocycles. The van der Waals surface area contributed by atoms with E-state index in [2.05, 4.69) is 10.4 Å². The first-order chi connectivity index (χ1) is 13.2. The molecule has 0 saturated carbocycles. The van der Waals surface area contributed by atoms with E-state index in [1.807, 2.05) is 6.92 Å². The lowest BCUT2D eigenvalue weighted by molar-refractivity contribution is -0.148. The van der Waals surface area contributed by atoms with Gasteiger partial charge in [-0.1, -0.05) is 6.92 Å². The summed E-state index contributed by atoms with van der Waals surface area (Å²) in [6.07, 6.45) is 2.07. The monoisotopic (exact) mass is 417 g/mol. The van der Waals surface area contributed by atoms with Gasteiger partial charge in [-0.15, -0.1) is 0 Å². The van der Waals surface area contributed by atoms with Crippen molar-refractivity contribution < 1.29 is 28.4 Å². The average molecular weight is 417 g/mol. The predicted molar refractivity (Wildman–Crippen MR) is 106 cm³/mol. The van der Waals surface area contributed by atoms with Gasteiger partial charge in [-0.2, -0.15) is 0 Å². The van der Waals surface area contributed by atoms with Crippen LogP contribution in [0.25, 0.3) is 0 Å². The number of nitrogens with zero attached hydrogens (tertiary/aromatic N) is 1. The quantitative estimate of drug-likeness (QED) is 0.172. The van der Waals surface area contributed by atoms with Gasteiger partial charge in [-0.3, -0.25) is 24.4 Å². The number of nitrogens with one attached hydrogen (secondary N) is 2. The summed E-state index contributed by atoms with van der Waals surface area (Å²) in [5.41, 5.74) is 0.415. The van der Waals surface area contributed by atoms with Crippen LogP contribution in [0.4, 0.5) is 0 Å². The lowest BCUT2D eigenvalue weighted by atomic mass is 10.1. The molecule has 0 aromatic rings. The van der Waals surface area contributed by atoms with Crippen molar-refractivity contribution >= 4 is 27.2 Å². The summed E-state index contributed by atoms with van der Waals surface area (Å²) in [4.78, 5) is 36.2. The summed E-state index contributed by atoms with van der Waals surface area (Å²) in [6.45, 7) is 9.26. The Hall–Kier alpha value is -1.54. The first-order valence-corrected chi connectivity index (χ1v) is 10.2. The third kappa shape index (κ3) is 7.83. The summed E-state index contributed by atoms with van der Waals surface area (Å²) < 4.78 is 16.6. The first-order valence-electron chi connectivity index (χ1n) is 9.31. The van der Waals surface area contributed by atoms with Gasteiger partial charge in [-0.25, -0.2) is 0 Å². The zero-order valence-corrected chi connectivity index (χ0v) is 18.4. The molecule has 1 saturated heterocycles. The number of amides is 2. The normalized spacial score (nSPS) is 23.8. The van der Waals surface area contributed by atoms with Crippen LogP contribution < -0.4 is 10.4 Å². The fourth-order valence-electron chi connectivity index (χ4n) is 2.69. The summed E-state index contributed by atoms with van der Waals surface area (Å²) in [6, 6.07) is -0.458. The van der Waals surface area contributed by atoms with Gasteiger partial charge in [0.05, 0.1) is 27.8 Å². The van der Waals surface area contributed by atoms with Crippen molar-refractivity contribution in [2.45, 2.75) is 65.5 Å². The van der Waals surface area contributed by atoms with Gasteiger partial charge >= 0.3 is 5.97 Å². The Balaban J connectivity index is 2.45. The smallest absolute Gasteiger partial charge is 0.323 e. The van der Waals surface area contributed by atoms with Crippen LogP contribution in [-0.4, -0.2) is 61.3 Å². The van der Waals surface area contributed by atoms with Crippen LogP contribution in [-0.2, 0) is 28.4 Å². The fraction of sp³-hybridized carbons (Fsp3) is 0.722. The summed E-state index contributed by atoms with van der Waals surface area (Å²) in [5, 5.41) is 5.48. The molecule has 5 atom stereocenters. The maximum Gasteiger partial charge on any atom is 0.323 e. The van der Waals surface area contributed by atoms with Crippen LogP contribution >= 0.6 is 8.96 Å². The lowest BCUT2D eigenvalue weighted by Gasteiger charge is -2.25. The second kappa shape index (κ2) is 12.1. The third-order valence-corrected chi connectivity index (χ3v) is 4.98. The Kier molecular flexibility index (Phi) is 10.6. The number of carbonyl (C=O) groups excluding carboxylic acids is 3. The number of likely N-dealkylation sites (N-methyl/N-ethyl adjacent to an activating group) is 1. The summed E-state index contributed by atoms with van der Waals surface area (Å²) in [5.74, 6) is -0.490. The van der Waals surface area contributed by atoms with E-state index >= 15 is 0 Å². The molecule has 1 fully saturated rings. The van der Waals surface area contributed by atoms with Gasteiger partial charge in [0.15, 0.2) is 0 Å². The summed E-state index contributed by atoms with van der Waals surface area (Å²) >= 11 is 0. The number of rotatable bonds is 11. The van der Waals surface area contributed by atoms with Gasteiger partial charge < -0.3 is 19.3 Å². The second-order valence-corrected chi connectivity index (χ2v) is 7.85. The Bertz CT molecular complexity index is 572. The van der Waals surface area contributed by atoms with Gasteiger partial charge in [-0.05, 0) is 34.1 Å². The molecule has 2 N–H and O–H groups in total. The standard InChI is InChI=1S/C18H32N3O6P/c1-11(2)26-18(24)14(5)20-28-25-9-15-7-12(3)17(27-15)21(10-22)8-13(4)16(23)19-6/h8,10-12,14-15,17,20,28H,7,9H2,1-6H3,(H,19,23)/b13-8-. The predicted octanol–water partition coefficient (Wildman–Crippen LogP) is 1.30. The van der Waals surface area contributed by atoms with E-state index in [1.165, 1.54) is 18.1 Å². The molecule has 10 heteroatoms. The number of hydrogen-bond acceptors (Lipinski definition) is 7. The topological polar surface area (TPSA) is 106 Å². The zero-order valence-electron chi connectivity index (χ0n) is 17.4. The zero-order chi connectivity index (χ0) is 21.3.